The van der Waals surface area contributed by atoms with Crippen LogP contribution in [-0.4, -0.2) is 76.4 Å². The molecule has 0 aliphatic carbocycles. The molecule has 35 heavy (non-hydrogen) atoms. The van der Waals surface area contributed by atoms with Crippen molar-refractivity contribution < 1.29 is 23.8 Å². The number of likely N-dealkylation sites (tertiary alicyclic amines) is 1. The Bertz CT molecular complexity index is 1020. The van der Waals surface area contributed by atoms with Crippen molar-refractivity contribution in [3.63, 3.8) is 0 Å². The Labute approximate surface area is 210 Å². The van der Waals surface area contributed by atoms with Gasteiger partial charge in [-0.15, -0.1) is 0 Å². The van der Waals surface area contributed by atoms with E-state index in [9.17, 15) is 9.59 Å². The number of rotatable bonds is 10. The number of anilines is 1. The van der Waals surface area contributed by atoms with Gasteiger partial charge in [0.15, 0.2) is 0 Å². The van der Waals surface area contributed by atoms with Crippen molar-refractivity contribution in [1.29, 1.82) is 0 Å². The highest BCUT2D eigenvalue weighted by Crippen LogP contribution is 2.29. The van der Waals surface area contributed by atoms with E-state index >= 15 is 0 Å². The summed E-state index contributed by atoms with van der Waals surface area (Å²) in [5.74, 6) is -0.237. The van der Waals surface area contributed by atoms with E-state index in [4.69, 9.17) is 31.5 Å². The fraction of sp³-hybridized carbons (Fsp3) is 0.440. The van der Waals surface area contributed by atoms with E-state index in [1.54, 1.807) is 25.3 Å². The molecule has 2 unspecified atom stereocenters. The lowest BCUT2D eigenvalue weighted by Crippen LogP contribution is -2.55. The molecule has 1 fully saturated rings. The summed E-state index contributed by atoms with van der Waals surface area (Å²) in [6, 6.07) is 10.3. The van der Waals surface area contributed by atoms with Crippen molar-refractivity contribution >= 4 is 29.2 Å². The van der Waals surface area contributed by atoms with E-state index in [0.29, 0.717) is 40.7 Å². The van der Waals surface area contributed by atoms with E-state index in [-0.39, 0.29) is 24.0 Å². The third-order valence-electron chi connectivity index (χ3n) is 6.13. The number of benzene rings is 2. The molecular formula is C25H33ClN4O5. The quantitative estimate of drug-likeness (QED) is 0.256. The molecule has 1 aliphatic heterocycles. The number of esters is 1. The summed E-state index contributed by atoms with van der Waals surface area (Å²) in [6.45, 7) is 3.89. The summed E-state index contributed by atoms with van der Waals surface area (Å²) in [6.07, 6.45) is 0.610. The van der Waals surface area contributed by atoms with Crippen LogP contribution in [0.2, 0.25) is 5.02 Å². The van der Waals surface area contributed by atoms with Crippen molar-refractivity contribution in [3.8, 4) is 5.75 Å². The molecule has 1 heterocycles. The number of hydrogen-bond acceptors (Lipinski definition) is 8. The summed E-state index contributed by atoms with van der Waals surface area (Å²) in [5, 5.41) is 6.80. The van der Waals surface area contributed by atoms with Crippen LogP contribution in [0.3, 0.4) is 0 Å². The summed E-state index contributed by atoms with van der Waals surface area (Å²) in [7, 11) is 4.52. The maximum Gasteiger partial charge on any atom is 0.337 e. The first-order valence-electron chi connectivity index (χ1n) is 11.4. The third kappa shape index (κ3) is 7.08. The van der Waals surface area contributed by atoms with E-state index in [0.717, 1.165) is 31.6 Å². The molecule has 0 saturated carbocycles. The van der Waals surface area contributed by atoms with Crippen molar-refractivity contribution in [2.24, 2.45) is 0 Å². The molecule has 2 atom stereocenters. The largest absolute Gasteiger partial charge is 0.496 e. The van der Waals surface area contributed by atoms with Crippen molar-refractivity contribution in [1.82, 2.24) is 15.5 Å². The minimum Gasteiger partial charge on any atom is -0.496 e. The number of nitrogens with two attached hydrogens (primary N) is 1. The summed E-state index contributed by atoms with van der Waals surface area (Å²) in [4.78, 5) is 26.8. The van der Waals surface area contributed by atoms with Gasteiger partial charge in [-0.3, -0.25) is 9.69 Å². The van der Waals surface area contributed by atoms with Crippen molar-refractivity contribution in [3.05, 3.63) is 58.1 Å². The van der Waals surface area contributed by atoms with Gasteiger partial charge in [-0.25, -0.2) is 4.79 Å². The molecule has 1 saturated heterocycles. The van der Waals surface area contributed by atoms with Crippen LogP contribution < -0.4 is 21.1 Å². The number of ether oxygens (including phenoxy) is 3. The van der Waals surface area contributed by atoms with Gasteiger partial charge in [-0.1, -0.05) is 23.7 Å². The van der Waals surface area contributed by atoms with Gasteiger partial charge in [-0.2, -0.15) is 0 Å². The number of carbonyl (C=O) groups is 2. The number of nitrogens with zero attached hydrogens (tertiary/aromatic N) is 1. The molecule has 0 radical (unpaired) electrons. The maximum absolute atomic E-state index is 12.9. The Balaban J connectivity index is 1.46. The number of carbonyl (C=O) groups excluding carboxylic acids is 2. The fourth-order valence-electron chi connectivity index (χ4n) is 4.10. The Hall–Kier alpha value is -2.85. The Kier molecular flexibility index (Phi) is 9.73. The Morgan fingerprint density at radius 3 is 2.57 bits per heavy atom. The number of nitrogens with one attached hydrogen (secondary N) is 2. The van der Waals surface area contributed by atoms with Crippen molar-refractivity contribution in [2.45, 2.75) is 25.1 Å². The molecule has 1 aliphatic rings. The predicted octanol–water partition coefficient (Wildman–Crippen LogP) is 2.33. The normalized spacial score (nSPS) is 18.2. The van der Waals surface area contributed by atoms with Crippen LogP contribution in [0.25, 0.3) is 0 Å². The predicted molar refractivity (Wildman–Crippen MR) is 135 cm³/mol. The number of hydrogen-bond donors (Lipinski definition) is 3. The standard InChI is InChI=1S/C25H33ClN4O5/c1-33-22-13-20(27)19(26)12-18(22)24(31)29-21-8-10-30(15-23(21)34-2)11-9-28-14-16-4-6-17(7-5-16)25(32)35-3/h4-7,12-13,21,23,28H,8-11,14-15,27H2,1-3H3,(H,29,31). The second-order valence-corrected chi connectivity index (χ2v) is 8.79. The molecule has 0 bridgehead atoms. The maximum atomic E-state index is 12.9. The number of nitrogen functional groups attached to an aromatic ring is 1. The fourth-order valence-corrected chi connectivity index (χ4v) is 4.26. The Morgan fingerprint density at radius 2 is 1.91 bits per heavy atom. The molecule has 10 heteroatoms. The summed E-state index contributed by atoms with van der Waals surface area (Å²) in [5.41, 5.74) is 8.15. The molecule has 4 N–H and O–H groups in total. The second-order valence-electron chi connectivity index (χ2n) is 8.38. The minimum atomic E-state index is -0.340. The van der Waals surface area contributed by atoms with Gasteiger partial charge in [-0.05, 0) is 30.2 Å². The smallest absolute Gasteiger partial charge is 0.337 e. The van der Waals surface area contributed by atoms with Crippen LogP contribution in [-0.2, 0) is 16.0 Å². The molecule has 2 aromatic rings. The van der Waals surface area contributed by atoms with Crippen LogP contribution in [0.1, 0.15) is 32.7 Å². The van der Waals surface area contributed by atoms with Gasteiger partial charge in [0.2, 0.25) is 0 Å². The molecule has 1 amide bonds. The van der Waals surface area contributed by atoms with Crippen LogP contribution in [0.5, 0.6) is 5.75 Å². The van der Waals surface area contributed by atoms with E-state index in [1.807, 2.05) is 12.1 Å². The second kappa shape index (κ2) is 12.7. The lowest BCUT2D eigenvalue weighted by molar-refractivity contribution is 0.00677. The molecule has 0 spiro atoms. The highest BCUT2D eigenvalue weighted by Gasteiger charge is 2.31. The minimum absolute atomic E-state index is 0.133. The van der Waals surface area contributed by atoms with Gasteiger partial charge >= 0.3 is 5.97 Å². The molecular weight excluding hydrogens is 472 g/mol. The summed E-state index contributed by atoms with van der Waals surface area (Å²) < 4.78 is 15.7. The molecule has 3 rings (SSSR count). The molecule has 2 aromatic carbocycles. The molecule has 190 valence electrons. The number of halogens is 1. The first-order valence-corrected chi connectivity index (χ1v) is 11.8. The number of methoxy groups -OCH3 is 3. The van der Waals surface area contributed by atoms with Crippen LogP contribution in [0.15, 0.2) is 36.4 Å². The molecule has 9 nitrogen and oxygen atoms in total. The van der Waals surface area contributed by atoms with Crippen molar-refractivity contribution in [2.75, 3.05) is 53.2 Å². The van der Waals surface area contributed by atoms with E-state index in [2.05, 4.69) is 15.5 Å². The van der Waals surface area contributed by atoms with Gasteiger partial charge in [0, 0.05) is 45.9 Å². The number of amides is 1. The van der Waals surface area contributed by atoms with Gasteiger partial charge in [0.25, 0.3) is 5.91 Å². The van der Waals surface area contributed by atoms with Crippen LogP contribution in [0.4, 0.5) is 5.69 Å². The first kappa shape index (κ1) is 26.7. The highest BCUT2D eigenvalue weighted by atomic mass is 35.5. The topological polar surface area (TPSA) is 115 Å². The SMILES string of the molecule is COC(=O)c1ccc(CNCCN2CCC(NC(=O)c3cc(Cl)c(N)cc3OC)C(OC)C2)cc1. The zero-order chi connectivity index (χ0) is 25.4. The Morgan fingerprint density at radius 1 is 1.17 bits per heavy atom. The highest BCUT2D eigenvalue weighted by molar-refractivity contribution is 6.33. The zero-order valence-electron chi connectivity index (χ0n) is 20.3. The lowest BCUT2D eigenvalue weighted by Gasteiger charge is -2.38. The van der Waals surface area contributed by atoms with Gasteiger partial charge in [0.1, 0.15) is 5.75 Å². The average molecular weight is 505 g/mol. The summed E-state index contributed by atoms with van der Waals surface area (Å²) >= 11 is 6.11. The molecule has 0 aromatic heterocycles. The average Bonchev–Trinajstić information content (AvgIpc) is 2.88. The van der Waals surface area contributed by atoms with Gasteiger partial charge < -0.3 is 30.6 Å². The van der Waals surface area contributed by atoms with Crippen LogP contribution >= 0.6 is 11.6 Å². The lowest BCUT2D eigenvalue weighted by atomic mass is 10.0. The van der Waals surface area contributed by atoms with Gasteiger partial charge in [0.05, 0.1) is 48.2 Å². The first-order chi connectivity index (χ1) is 16.9. The third-order valence-corrected chi connectivity index (χ3v) is 6.46. The van der Waals surface area contributed by atoms with Crippen LogP contribution in [0, 0.1) is 0 Å². The zero-order valence-corrected chi connectivity index (χ0v) is 21.1. The van der Waals surface area contributed by atoms with E-state index in [1.165, 1.54) is 20.3 Å². The van der Waals surface area contributed by atoms with E-state index < -0.39 is 0 Å². The monoisotopic (exact) mass is 504 g/mol. The number of piperidine rings is 1.